The van der Waals surface area contributed by atoms with Gasteiger partial charge in [-0.1, -0.05) is 0 Å². The number of aryl methyl sites for hydroxylation is 1. The van der Waals surface area contributed by atoms with Crippen LogP contribution in [0.3, 0.4) is 0 Å². The van der Waals surface area contributed by atoms with E-state index in [0.29, 0.717) is 10.2 Å². The number of aromatic nitrogens is 1. The predicted molar refractivity (Wildman–Crippen MR) is 98.1 cm³/mol. The average molecular weight is 442 g/mol. The second kappa shape index (κ2) is 6.40. The van der Waals surface area contributed by atoms with Gasteiger partial charge in [0, 0.05) is 9.26 Å². The maximum absolute atomic E-state index is 14.9. The fourth-order valence-electron chi connectivity index (χ4n) is 2.26. The molecule has 2 aromatic carbocycles. The maximum atomic E-state index is 14.9. The topological polar surface area (TPSA) is 51.2 Å². The van der Waals surface area contributed by atoms with Gasteiger partial charge in [0.1, 0.15) is 0 Å². The number of anilines is 2. The summed E-state index contributed by atoms with van der Waals surface area (Å²) in [5.74, 6) is -1.10. The van der Waals surface area contributed by atoms with Crippen LogP contribution in [0.25, 0.3) is 10.2 Å². The molecule has 1 aromatic heterocycles. The number of halogens is 2. The van der Waals surface area contributed by atoms with Crippen LogP contribution in [0, 0.1) is 16.3 Å². The maximum Gasteiger partial charge on any atom is 0.340 e. The lowest BCUT2D eigenvalue weighted by Gasteiger charge is -2.14. The molecule has 3 aromatic rings. The third-order valence-corrected chi connectivity index (χ3v) is 4.92. The summed E-state index contributed by atoms with van der Waals surface area (Å²) in [7, 11) is 1.27. The summed E-state index contributed by atoms with van der Waals surface area (Å²) in [6.45, 7) is 1.92. The molecule has 23 heavy (non-hydrogen) atoms. The molecule has 7 heteroatoms. The highest BCUT2D eigenvalue weighted by Gasteiger charge is 2.21. The van der Waals surface area contributed by atoms with Crippen LogP contribution in [0.4, 0.5) is 15.8 Å². The van der Waals surface area contributed by atoms with Crippen molar-refractivity contribution in [3.8, 4) is 0 Å². The number of nitrogens with one attached hydrogen (secondary N) is 1. The minimum absolute atomic E-state index is 0.109. The van der Waals surface area contributed by atoms with E-state index in [9.17, 15) is 9.18 Å². The van der Waals surface area contributed by atoms with Gasteiger partial charge in [0.25, 0.3) is 0 Å². The summed E-state index contributed by atoms with van der Waals surface area (Å²) in [6.07, 6.45) is 0. The van der Waals surface area contributed by atoms with E-state index in [2.05, 4.69) is 32.9 Å². The number of benzene rings is 2. The lowest BCUT2D eigenvalue weighted by Crippen LogP contribution is -2.08. The highest BCUT2D eigenvalue weighted by atomic mass is 127. The van der Waals surface area contributed by atoms with E-state index in [1.807, 2.05) is 25.1 Å². The van der Waals surface area contributed by atoms with Gasteiger partial charge in [0.05, 0.1) is 34.1 Å². The molecule has 118 valence electrons. The third-order valence-electron chi connectivity index (χ3n) is 3.42. The summed E-state index contributed by atoms with van der Waals surface area (Å²) >= 11 is 3.41. The summed E-state index contributed by atoms with van der Waals surface area (Å²) in [4.78, 5) is 16.1. The Bertz CT molecular complexity index is 910. The van der Waals surface area contributed by atoms with E-state index < -0.39 is 11.8 Å². The van der Waals surface area contributed by atoms with Crippen LogP contribution >= 0.6 is 33.9 Å². The fraction of sp³-hybridized carbons (Fsp3) is 0.125. The van der Waals surface area contributed by atoms with Gasteiger partial charge in [-0.05, 0) is 59.3 Å². The van der Waals surface area contributed by atoms with Gasteiger partial charge in [-0.3, -0.25) is 0 Å². The van der Waals surface area contributed by atoms with Gasteiger partial charge >= 0.3 is 5.97 Å². The third kappa shape index (κ3) is 3.02. The van der Waals surface area contributed by atoms with Crippen molar-refractivity contribution in [1.82, 2.24) is 4.98 Å². The van der Waals surface area contributed by atoms with Crippen molar-refractivity contribution in [2.75, 3.05) is 12.4 Å². The monoisotopic (exact) mass is 442 g/mol. The van der Waals surface area contributed by atoms with Gasteiger partial charge in [-0.25, -0.2) is 14.2 Å². The molecule has 0 fully saturated rings. The van der Waals surface area contributed by atoms with E-state index in [0.717, 1.165) is 14.8 Å². The Morgan fingerprint density at radius 2 is 2.17 bits per heavy atom. The van der Waals surface area contributed by atoms with Crippen LogP contribution < -0.4 is 5.32 Å². The number of rotatable bonds is 3. The zero-order valence-corrected chi connectivity index (χ0v) is 15.3. The van der Waals surface area contributed by atoms with Crippen LogP contribution in [0.5, 0.6) is 0 Å². The molecule has 0 saturated carbocycles. The molecule has 0 radical (unpaired) electrons. The summed E-state index contributed by atoms with van der Waals surface area (Å²) in [6, 6.07) is 7.29. The van der Waals surface area contributed by atoms with Crippen LogP contribution in [0.1, 0.15) is 15.9 Å². The van der Waals surface area contributed by atoms with E-state index in [4.69, 9.17) is 4.74 Å². The molecule has 4 nitrogen and oxygen atoms in total. The van der Waals surface area contributed by atoms with E-state index in [-0.39, 0.29) is 11.3 Å². The highest BCUT2D eigenvalue weighted by molar-refractivity contribution is 14.1. The molecule has 0 aliphatic rings. The van der Waals surface area contributed by atoms with Gasteiger partial charge < -0.3 is 10.1 Å². The Morgan fingerprint density at radius 3 is 2.87 bits per heavy atom. The number of hydrogen-bond donors (Lipinski definition) is 1. The van der Waals surface area contributed by atoms with Gasteiger partial charge in [0.2, 0.25) is 0 Å². The number of esters is 1. The first-order chi connectivity index (χ1) is 11.0. The number of carbonyl (C=O) groups is 1. The van der Waals surface area contributed by atoms with Crippen molar-refractivity contribution in [3.63, 3.8) is 0 Å². The molecule has 1 heterocycles. The zero-order valence-electron chi connectivity index (χ0n) is 12.3. The number of methoxy groups -OCH3 is 1. The smallest absolute Gasteiger partial charge is 0.340 e. The fourth-order valence-corrected chi connectivity index (χ4v) is 3.61. The first-order valence-electron chi connectivity index (χ1n) is 6.68. The molecule has 0 bridgehead atoms. The molecular weight excluding hydrogens is 430 g/mol. The number of fused-ring (bicyclic) bond motifs is 1. The average Bonchev–Trinajstić information content (AvgIpc) is 3.00. The quantitative estimate of drug-likeness (QED) is 0.464. The first-order valence-corrected chi connectivity index (χ1v) is 8.64. The lowest BCUT2D eigenvalue weighted by atomic mass is 10.1. The second-order valence-electron chi connectivity index (χ2n) is 4.89. The summed E-state index contributed by atoms with van der Waals surface area (Å²) in [5.41, 5.74) is 3.92. The highest BCUT2D eigenvalue weighted by Crippen LogP contribution is 2.34. The number of carbonyl (C=O) groups excluding carboxylic acids is 1. The minimum Gasteiger partial charge on any atom is -0.465 e. The minimum atomic E-state index is -0.607. The largest absolute Gasteiger partial charge is 0.465 e. The molecular formula is C16H12FIN2O2S. The van der Waals surface area contributed by atoms with Gasteiger partial charge in [-0.2, -0.15) is 0 Å². The SMILES string of the molecule is COC(=O)c1cc2ncsc2c(F)c1Nc1ccc(I)cc1C. The number of ether oxygens (including phenoxy) is 1. The molecule has 0 spiro atoms. The molecule has 0 saturated heterocycles. The molecule has 0 atom stereocenters. The Hall–Kier alpha value is -1.74. The van der Waals surface area contributed by atoms with Crippen molar-refractivity contribution >= 4 is 61.5 Å². The standard InChI is InChI=1S/C16H12FIN2O2S/c1-8-5-9(18)3-4-11(8)20-14-10(16(21)22-2)6-12-15(13(14)17)23-7-19-12/h3-7,20H,1-2H3. The summed E-state index contributed by atoms with van der Waals surface area (Å²) in [5, 5.41) is 3.03. The lowest BCUT2D eigenvalue weighted by molar-refractivity contribution is 0.0601. The molecule has 3 rings (SSSR count). The van der Waals surface area contributed by atoms with Gasteiger partial charge in [-0.15, -0.1) is 11.3 Å². The van der Waals surface area contributed by atoms with Crippen molar-refractivity contribution < 1.29 is 13.9 Å². The van der Waals surface area contributed by atoms with Gasteiger partial charge in [0.15, 0.2) is 5.82 Å². The van der Waals surface area contributed by atoms with Crippen LogP contribution in [-0.2, 0) is 4.74 Å². The second-order valence-corrected chi connectivity index (χ2v) is 6.99. The van der Waals surface area contributed by atoms with Crippen LogP contribution in [-0.4, -0.2) is 18.1 Å². The molecule has 0 amide bonds. The molecule has 1 N–H and O–H groups in total. The zero-order chi connectivity index (χ0) is 16.6. The molecule has 0 aliphatic heterocycles. The van der Waals surface area contributed by atoms with Crippen molar-refractivity contribution in [1.29, 1.82) is 0 Å². The number of nitrogens with zero attached hydrogens (tertiary/aromatic N) is 1. The van der Waals surface area contributed by atoms with Crippen molar-refractivity contribution in [3.05, 3.63) is 50.3 Å². The Labute approximate surface area is 149 Å². The van der Waals surface area contributed by atoms with Crippen LogP contribution in [0.15, 0.2) is 29.8 Å². The van der Waals surface area contributed by atoms with Crippen LogP contribution in [0.2, 0.25) is 0 Å². The normalized spacial score (nSPS) is 10.8. The molecule has 0 aliphatic carbocycles. The number of hydrogen-bond acceptors (Lipinski definition) is 5. The van der Waals surface area contributed by atoms with Crippen molar-refractivity contribution in [2.24, 2.45) is 0 Å². The number of thiazole rings is 1. The summed E-state index contributed by atoms with van der Waals surface area (Å²) < 4.78 is 21.1. The van der Waals surface area contributed by atoms with Crippen molar-refractivity contribution in [2.45, 2.75) is 6.92 Å². The predicted octanol–water partition coefficient (Wildman–Crippen LogP) is 4.88. The van der Waals surface area contributed by atoms with E-state index in [1.165, 1.54) is 18.4 Å². The molecule has 0 unspecified atom stereocenters. The Kier molecular flexibility index (Phi) is 4.49. The van der Waals surface area contributed by atoms with E-state index in [1.54, 1.807) is 11.6 Å². The Balaban J connectivity index is 2.17. The Morgan fingerprint density at radius 1 is 1.39 bits per heavy atom. The van der Waals surface area contributed by atoms with E-state index >= 15 is 0 Å². The first kappa shape index (κ1) is 16.1.